The molecule has 0 spiro atoms. The van der Waals surface area contributed by atoms with Crippen molar-refractivity contribution < 1.29 is 5.11 Å². The van der Waals surface area contributed by atoms with E-state index in [0.29, 0.717) is 6.54 Å². The summed E-state index contributed by atoms with van der Waals surface area (Å²) < 4.78 is 0. The summed E-state index contributed by atoms with van der Waals surface area (Å²) in [5, 5.41) is 8.75. The molecule has 0 aliphatic heterocycles. The van der Waals surface area contributed by atoms with E-state index in [2.05, 4.69) is 24.5 Å². The van der Waals surface area contributed by atoms with E-state index in [-0.39, 0.29) is 6.61 Å². The monoisotopic (exact) mass is 211 g/mol. The summed E-state index contributed by atoms with van der Waals surface area (Å²) in [5.41, 5.74) is 8.05. The van der Waals surface area contributed by atoms with Gasteiger partial charge in [-0.15, -0.1) is 11.8 Å². The Hall–Kier alpha value is -0.510. The van der Waals surface area contributed by atoms with Gasteiger partial charge in [0.1, 0.15) is 0 Å². The van der Waals surface area contributed by atoms with E-state index in [9.17, 15) is 0 Å². The van der Waals surface area contributed by atoms with E-state index in [1.165, 1.54) is 16.0 Å². The van der Waals surface area contributed by atoms with Gasteiger partial charge in [0.15, 0.2) is 0 Å². The molecule has 0 unspecified atom stereocenters. The van der Waals surface area contributed by atoms with Crippen LogP contribution in [0.2, 0.25) is 0 Å². The second-order valence-corrected chi connectivity index (χ2v) is 4.10. The molecule has 1 aromatic carbocycles. The van der Waals surface area contributed by atoms with Crippen LogP contribution in [0.3, 0.4) is 0 Å². The van der Waals surface area contributed by atoms with Crippen LogP contribution in [0.5, 0.6) is 0 Å². The van der Waals surface area contributed by atoms with Crippen LogP contribution in [-0.4, -0.2) is 18.0 Å². The highest BCUT2D eigenvalue weighted by molar-refractivity contribution is 7.98. The summed E-state index contributed by atoms with van der Waals surface area (Å²) in [7, 11) is 0. The largest absolute Gasteiger partial charge is 0.396 e. The SMILES string of the molecule is CSc1cc(CN)cc(CCCO)c1. The Morgan fingerprint density at radius 2 is 2.00 bits per heavy atom. The van der Waals surface area contributed by atoms with Gasteiger partial charge >= 0.3 is 0 Å². The van der Waals surface area contributed by atoms with Gasteiger partial charge < -0.3 is 10.8 Å². The molecule has 1 aromatic rings. The van der Waals surface area contributed by atoms with E-state index in [0.717, 1.165) is 12.8 Å². The molecule has 0 heterocycles. The molecule has 0 saturated heterocycles. The minimum atomic E-state index is 0.251. The van der Waals surface area contributed by atoms with E-state index < -0.39 is 0 Å². The second kappa shape index (κ2) is 6.06. The molecule has 14 heavy (non-hydrogen) atoms. The Balaban J connectivity index is 2.81. The molecule has 0 atom stereocenters. The van der Waals surface area contributed by atoms with Gasteiger partial charge in [-0.1, -0.05) is 6.07 Å². The molecule has 0 aliphatic rings. The van der Waals surface area contributed by atoms with Gasteiger partial charge in [-0.2, -0.15) is 0 Å². The first kappa shape index (κ1) is 11.6. The molecule has 0 bridgehead atoms. The summed E-state index contributed by atoms with van der Waals surface area (Å²) in [6.45, 7) is 0.835. The van der Waals surface area contributed by atoms with Crippen molar-refractivity contribution in [3.8, 4) is 0 Å². The normalized spacial score (nSPS) is 10.5. The van der Waals surface area contributed by atoms with Gasteiger partial charge in [-0.05, 0) is 42.4 Å². The van der Waals surface area contributed by atoms with Crippen LogP contribution >= 0.6 is 11.8 Å². The maximum absolute atomic E-state index is 8.75. The van der Waals surface area contributed by atoms with Crippen LogP contribution in [0, 0.1) is 0 Å². The van der Waals surface area contributed by atoms with Crippen LogP contribution in [0.4, 0.5) is 0 Å². The Morgan fingerprint density at radius 3 is 2.57 bits per heavy atom. The van der Waals surface area contributed by atoms with Crippen molar-refractivity contribution in [2.75, 3.05) is 12.9 Å². The van der Waals surface area contributed by atoms with E-state index in [4.69, 9.17) is 10.8 Å². The van der Waals surface area contributed by atoms with E-state index in [1.807, 2.05) is 0 Å². The van der Waals surface area contributed by atoms with Gasteiger partial charge in [-0.25, -0.2) is 0 Å². The number of nitrogens with two attached hydrogens (primary N) is 1. The summed E-state index contributed by atoms with van der Waals surface area (Å²) in [5.74, 6) is 0. The van der Waals surface area contributed by atoms with Crippen LogP contribution in [0.1, 0.15) is 17.5 Å². The summed E-state index contributed by atoms with van der Waals surface area (Å²) in [4.78, 5) is 1.25. The molecule has 3 N–H and O–H groups in total. The number of thioether (sulfide) groups is 1. The molecule has 0 fully saturated rings. The Kier molecular flexibility index (Phi) is 5.01. The topological polar surface area (TPSA) is 46.2 Å². The molecular weight excluding hydrogens is 194 g/mol. The van der Waals surface area contributed by atoms with Gasteiger partial charge in [0, 0.05) is 18.0 Å². The summed E-state index contributed by atoms with van der Waals surface area (Å²) in [6.07, 6.45) is 3.81. The predicted molar refractivity (Wildman–Crippen MR) is 61.5 cm³/mol. The van der Waals surface area contributed by atoms with E-state index >= 15 is 0 Å². The molecule has 0 aromatic heterocycles. The summed E-state index contributed by atoms with van der Waals surface area (Å²) in [6, 6.07) is 6.40. The highest BCUT2D eigenvalue weighted by Crippen LogP contribution is 2.19. The average Bonchev–Trinajstić information content (AvgIpc) is 2.25. The molecule has 0 saturated carbocycles. The molecule has 78 valence electrons. The second-order valence-electron chi connectivity index (χ2n) is 3.22. The third-order valence-electron chi connectivity index (χ3n) is 2.12. The fourth-order valence-electron chi connectivity index (χ4n) is 1.39. The van der Waals surface area contributed by atoms with Crippen molar-refractivity contribution in [3.63, 3.8) is 0 Å². The maximum atomic E-state index is 8.75. The Bertz CT molecular complexity index is 266. The highest BCUT2D eigenvalue weighted by Gasteiger charge is 1.99. The molecule has 1 rings (SSSR count). The fraction of sp³-hybridized carbons (Fsp3) is 0.455. The van der Waals surface area contributed by atoms with Crippen molar-refractivity contribution >= 4 is 11.8 Å². The van der Waals surface area contributed by atoms with Crippen LogP contribution in [0.15, 0.2) is 23.1 Å². The fourth-order valence-corrected chi connectivity index (χ4v) is 1.93. The lowest BCUT2D eigenvalue weighted by molar-refractivity contribution is 0.288. The zero-order valence-corrected chi connectivity index (χ0v) is 9.31. The van der Waals surface area contributed by atoms with Crippen molar-refractivity contribution in [1.29, 1.82) is 0 Å². The maximum Gasteiger partial charge on any atom is 0.0434 e. The number of rotatable bonds is 5. The first-order valence-corrected chi connectivity index (χ1v) is 6.00. The van der Waals surface area contributed by atoms with Crippen molar-refractivity contribution in [2.24, 2.45) is 5.73 Å². The van der Waals surface area contributed by atoms with Crippen molar-refractivity contribution in [3.05, 3.63) is 29.3 Å². The molecule has 0 radical (unpaired) electrons. The number of hydrogen-bond acceptors (Lipinski definition) is 3. The molecule has 0 amide bonds. The third-order valence-corrected chi connectivity index (χ3v) is 2.83. The number of hydrogen-bond donors (Lipinski definition) is 2. The number of aliphatic hydroxyl groups excluding tert-OH is 1. The lowest BCUT2D eigenvalue weighted by atomic mass is 10.1. The van der Waals surface area contributed by atoms with Crippen molar-refractivity contribution in [2.45, 2.75) is 24.3 Å². The van der Waals surface area contributed by atoms with Crippen molar-refractivity contribution in [1.82, 2.24) is 0 Å². The predicted octanol–water partition coefficient (Wildman–Crippen LogP) is 1.79. The molecule has 3 heteroatoms. The minimum Gasteiger partial charge on any atom is -0.396 e. The standard InChI is InChI=1S/C11H17NOS/c1-14-11-6-9(3-2-4-13)5-10(7-11)8-12/h5-7,13H,2-4,8,12H2,1H3. The van der Waals surface area contributed by atoms with Gasteiger partial charge in [-0.3, -0.25) is 0 Å². The number of benzene rings is 1. The van der Waals surface area contributed by atoms with Gasteiger partial charge in [0.25, 0.3) is 0 Å². The molecule has 0 aliphatic carbocycles. The van der Waals surface area contributed by atoms with Crippen LogP contribution < -0.4 is 5.73 Å². The lowest BCUT2D eigenvalue weighted by Gasteiger charge is -2.06. The van der Waals surface area contributed by atoms with Gasteiger partial charge in [0.2, 0.25) is 0 Å². The highest BCUT2D eigenvalue weighted by atomic mass is 32.2. The quantitative estimate of drug-likeness (QED) is 0.730. The van der Waals surface area contributed by atoms with Gasteiger partial charge in [0.05, 0.1) is 0 Å². The zero-order valence-electron chi connectivity index (χ0n) is 8.49. The number of aryl methyl sites for hydroxylation is 1. The minimum absolute atomic E-state index is 0.251. The lowest BCUT2D eigenvalue weighted by Crippen LogP contribution is -1.98. The zero-order chi connectivity index (χ0) is 10.4. The van der Waals surface area contributed by atoms with E-state index in [1.54, 1.807) is 11.8 Å². The van der Waals surface area contributed by atoms with Crippen LogP contribution in [0.25, 0.3) is 0 Å². The Labute approximate surface area is 89.5 Å². The first-order valence-electron chi connectivity index (χ1n) is 4.78. The average molecular weight is 211 g/mol. The summed E-state index contributed by atoms with van der Waals surface area (Å²) >= 11 is 1.73. The Morgan fingerprint density at radius 1 is 1.29 bits per heavy atom. The third kappa shape index (κ3) is 3.33. The first-order chi connectivity index (χ1) is 6.80. The van der Waals surface area contributed by atoms with Crippen LogP contribution in [-0.2, 0) is 13.0 Å². The number of aliphatic hydroxyl groups is 1. The molecule has 2 nitrogen and oxygen atoms in total. The smallest absolute Gasteiger partial charge is 0.0434 e. The molecular formula is C11H17NOS.